The fraction of sp³-hybridized carbons (Fsp3) is 0.421. The monoisotopic (exact) mass is 387 g/mol. The maximum atomic E-state index is 12.7. The number of rotatable bonds is 3. The Hall–Kier alpha value is -2.38. The van der Waals surface area contributed by atoms with Crippen LogP contribution in [0.4, 0.5) is 11.5 Å². The average molecular weight is 388 g/mol. The molecule has 8 heteroatoms. The van der Waals surface area contributed by atoms with Gasteiger partial charge in [0.2, 0.25) is 0 Å². The molecule has 4 rings (SSSR count). The summed E-state index contributed by atoms with van der Waals surface area (Å²) in [4.78, 5) is 19.0. The first-order valence-electron chi connectivity index (χ1n) is 9.16. The fourth-order valence-corrected chi connectivity index (χ4v) is 3.63. The fourth-order valence-electron chi connectivity index (χ4n) is 3.44. The van der Waals surface area contributed by atoms with E-state index < -0.39 is 0 Å². The summed E-state index contributed by atoms with van der Waals surface area (Å²) in [5, 5.41) is 9.02. The number of piperazine rings is 1. The van der Waals surface area contributed by atoms with Gasteiger partial charge in [-0.15, -0.1) is 5.10 Å². The minimum Gasteiger partial charge on any atom is -0.378 e. The third-order valence-electron chi connectivity index (χ3n) is 4.97. The molecule has 0 spiro atoms. The van der Waals surface area contributed by atoms with Gasteiger partial charge in [-0.05, 0) is 18.2 Å². The quantitative estimate of drug-likeness (QED) is 0.802. The zero-order valence-electron chi connectivity index (χ0n) is 15.1. The van der Waals surface area contributed by atoms with Gasteiger partial charge in [0.15, 0.2) is 5.82 Å². The second-order valence-corrected chi connectivity index (χ2v) is 7.10. The van der Waals surface area contributed by atoms with Crippen molar-refractivity contribution in [2.24, 2.45) is 0 Å². The van der Waals surface area contributed by atoms with Crippen LogP contribution in [0.2, 0.25) is 5.02 Å². The molecule has 142 valence electrons. The first-order valence-corrected chi connectivity index (χ1v) is 9.54. The summed E-state index contributed by atoms with van der Waals surface area (Å²) >= 11 is 6.01. The van der Waals surface area contributed by atoms with E-state index in [1.54, 1.807) is 18.3 Å². The molecule has 0 radical (unpaired) electrons. The topological polar surface area (TPSA) is 61.8 Å². The lowest BCUT2D eigenvalue weighted by Gasteiger charge is -2.36. The summed E-state index contributed by atoms with van der Waals surface area (Å²) in [6, 6.07) is 9.19. The van der Waals surface area contributed by atoms with Gasteiger partial charge in [0.1, 0.15) is 0 Å². The number of benzene rings is 1. The molecular formula is C19H22ClN5O2. The first-order chi connectivity index (χ1) is 13.2. The van der Waals surface area contributed by atoms with E-state index in [4.69, 9.17) is 16.3 Å². The van der Waals surface area contributed by atoms with Crippen molar-refractivity contribution in [1.82, 2.24) is 15.1 Å². The van der Waals surface area contributed by atoms with Crippen LogP contribution in [0.5, 0.6) is 0 Å². The van der Waals surface area contributed by atoms with Crippen molar-refractivity contribution in [2.75, 3.05) is 62.3 Å². The van der Waals surface area contributed by atoms with Crippen molar-refractivity contribution in [1.29, 1.82) is 0 Å². The van der Waals surface area contributed by atoms with Crippen molar-refractivity contribution < 1.29 is 9.53 Å². The number of carbonyl (C=O) groups excluding carboxylic acids is 1. The highest BCUT2D eigenvalue weighted by Gasteiger charge is 2.23. The Morgan fingerprint density at radius 2 is 1.78 bits per heavy atom. The molecule has 3 heterocycles. The van der Waals surface area contributed by atoms with Crippen LogP contribution in [0.25, 0.3) is 0 Å². The minimum absolute atomic E-state index is 0.0269. The summed E-state index contributed by atoms with van der Waals surface area (Å²) in [6.45, 7) is 5.97. The van der Waals surface area contributed by atoms with Crippen molar-refractivity contribution >= 4 is 29.0 Å². The number of ether oxygens (including phenoxy) is 1. The molecule has 1 amide bonds. The molecule has 2 saturated heterocycles. The highest BCUT2D eigenvalue weighted by Crippen LogP contribution is 2.22. The van der Waals surface area contributed by atoms with Crippen LogP contribution in [-0.2, 0) is 4.74 Å². The second kappa shape index (κ2) is 8.10. The Balaban J connectivity index is 1.40. The molecule has 1 aromatic carbocycles. The number of hydrogen-bond donors (Lipinski definition) is 0. The van der Waals surface area contributed by atoms with Crippen molar-refractivity contribution in [3.8, 4) is 0 Å². The van der Waals surface area contributed by atoms with Crippen LogP contribution in [0.15, 0.2) is 36.5 Å². The highest BCUT2D eigenvalue weighted by atomic mass is 35.5. The molecule has 0 unspecified atom stereocenters. The smallest absolute Gasteiger partial charge is 0.254 e. The second-order valence-electron chi connectivity index (χ2n) is 6.66. The Labute approximate surface area is 163 Å². The zero-order valence-corrected chi connectivity index (χ0v) is 15.8. The van der Waals surface area contributed by atoms with Gasteiger partial charge in [-0.3, -0.25) is 4.79 Å². The molecule has 27 heavy (non-hydrogen) atoms. The van der Waals surface area contributed by atoms with E-state index in [0.717, 1.165) is 50.9 Å². The molecule has 0 aliphatic carbocycles. The number of amides is 1. The van der Waals surface area contributed by atoms with E-state index >= 15 is 0 Å². The van der Waals surface area contributed by atoms with Crippen molar-refractivity contribution in [3.63, 3.8) is 0 Å². The van der Waals surface area contributed by atoms with Gasteiger partial charge >= 0.3 is 0 Å². The largest absolute Gasteiger partial charge is 0.378 e. The SMILES string of the molecule is O=C(c1cccc(Cl)c1)N1CCN(c2cnnc(N3CCOCC3)c2)CC1. The molecule has 1 aromatic heterocycles. The molecule has 2 aliphatic rings. The van der Waals surface area contributed by atoms with E-state index in [-0.39, 0.29) is 5.91 Å². The van der Waals surface area contributed by atoms with Crippen LogP contribution >= 0.6 is 11.6 Å². The first kappa shape index (κ1) is 18.0. The number of aromatic nitrogens is 2. The Morgan fingerprint density at radius 3 is 2.52 bits per heavy atom. The molecule has 2 fully saturated rings. The summed E-state index contributed by atoms with van der Waals surface area (Å²) in [5.74, 6) is 0.909. The molecular weight excluding hydrogens is 366 g/mol. The van der Waals surface area contributed by atoms with Crippen LogP contribution in [0, 0.1) is 0 Å². The van der Waals surface area contributed by atoms with Crippen LogP contribution in [-0.4, -0.2) is 73.5 Å². The number of nitrogens with zero attached hydrogens (tertiary/aromatic N) is 5. The predicted molar refractivity (Wildman–Crippen MR) is 105 cm³/mol. The van der Waals surface area contributed by atoms with Gasteiger partial charge in [-0.1, -0.05) is 17.7 Å². The number of carbonyl (C=O) groups is 1. The van der Waals surface area contributed by atoms with Crippen molar-refractivity contribution in [2.45, 2.75) is 0 Å². The Morgan fingerprint density at radius 1 is 1.00 bits per heavy atom. The Bertz CT molecular complexity index is 804. The van der Waals surface area contributed by atoms with Crippen molar-refractivity contribution in [3.05, 3.63) is 47.1 Å². The normalized spacial score (nSPS) is 17.9. The molecule has 2 aromatic rings. The molecule has 2 aliphatic heterocycles. The molecule has 7 nitrogen and oxygen atoms in total. The highest BCUT2D eigenvalue weighted by molar-refractivity contribution is 6.30. The van der Waals surface area contributed by atoms with E-state index in [0.29, 0.717) is 23.7 Å². The number of morpholine rings is 1. The molecule has 0 atom stereocenters. The van der Waals surface area contributed by atoms with E-state index in [9.17, 15) is 4.79 Å². The number of halogens is 1. The zero-order chi connectivity index (χ0) is 18.6. The van der Waals surface area contributed by atoms with Gasteiger partial charge < -0.3 is 19.4 Å². The molecule has 0 bridgehead atoms. The standard InChI is InChI=1S/C19H22ClN5O2/c20-16-3-1-2-15(12-16)19(26)25-6-4-23(5-7-25)17-13-18(22-21-14-17)24-8-10-27-11-9-24/h1-3,12-14H,4-11H2. The molecule has 0 saturated carbocycles. The van der Waals surface area contributed by atoms with E-state index in [1.807, 2.05) is 17.0 Å². The van der Waals surface area contributed by atoms with E-state index in [1.165, 1.54) is 0 Å². The van der Waals surface area contributed by atoms with Gasteiger partial charge in [0.25, 0.3) is 5.91 Å². The third kappa shape index (κ3) is 4.14. The predicted octanol–water partition coefficient (Wildman–Crippen LogP) is 1.93. The van der Waals surface area contributed by atoms with Gasteiger partial charge in [0.05, 0.1) is 25.1 Å². The lowest BCUT2D eigenvalue weighted by molar-refractivity contribution is 0.0747. The Kier molecular flexibility index (Phi) is 5.40. The van der Waals surface area contributed by atoms with Gasteiger partial charge in [0, 0.05) is 55.9 Å². The van der Waals surface area contributed by atoms with Crippen LogP contribution < -0.4 is 9.80 Å². The number of hydrogen-bond acceptors (Lipinski definition) is 6. The van der Waals surface area contributed by atoms with Crippen LogP contribution in [0.3, 0.4) is 0 Å². The van der Waals surface area contributed by atoms with Gasteiger partial charge in [-0.2, -0.15) is 5.10 Å². The third-order valence-corrected chi connectivity index (χ3v) is 5.20. The summed E-state index contributed by atoms with van der Waals surface area (Å²) < 4.78 is 5.40. The minimum atomic E-state index is 0.0269. The molecule has 0 N–H and O–H groups in total. The lowest BCUT2D eigenvalue weighted by atomic mass is 10.2. The summed E-state index contributed by atoms with van der Waals surface area (Å²) in [5.41, 5.74) is 1.68. The summed E-state index contributed by atoms with van der Waals surface area (Å²) in [7, 11) is 0. The van der Waals surface area contributed by atoms with Gasteiger partial charge in [-0.25, -0.2) is 0 Å². The average Bonchev–Trinajstić information content (AvgIpc) is 2.74. The number of anilines is 2. The van der Waals surface area contributed by atoms with E-state index in [2.05, 4.69) is 26.1 Å². The lowest BCUT2D eigenvalue weighted by Crippen LogP contribution is -2.49. The maximum absolute atomic E-state index is 12.7. The van der Waals surface area contributed by atoms with Crippen LogP contribution in [0.1, 0.15) is 10.4 Å². The maximum Gasteiger partial charge on any atom is 0.254 e. The summed E-state index contributed by atoms with van der Waals surface area (Å²) in [6.07, 6.45) is 1.79.